The number of H-pyrrole nitrogens is 1. The lowest BCUT2D eigenvalue weighted by Crippen LogP contribution is -2.23. The van der Waals surface area contributed by atoms with Gasteiger partial charge in [-0.25, -0.2) is 4.98 Å². The number of amides is 1. The van der Waals surface area contributed by atoms with Gasteiger partial charge in [-0.15, -0.1) is 0 Å². The molecule has 1 heterocycles. The number of nitrogens with zero attached hydrogens (tertiary/aromatic N) is 1. The monoisotopic (exact) mass is 381 g/mol. The molecule has 8 heteroatoms. The molecule has 1 aromatic heterocycles. The molecular formula is C17H20ClN3O3S. The highest BCUT2D eigenvalue weighted by Crippen LogP contribution is 2.24. The Balaban J connectivity index is 2.04. The van der Waals surface area contributed by atoms with E-state index in [0.717, 1.165) is 11.8 Å². The number of para-hydroxylation sites is 1. The maximum atomic E-state index is 12.3. The maximum Gasteiger partial charge on any atom is 0.251 e. The standard InChI is InChI=1S/C17H20ClN3O3S/c1-10(2)24-9-12-8-15(22)21-17(19-12)25-11(3)16(23)20-14-7-5-4-6-13(14)18/h4-8,10-11H,9H2,1-3H3,(H,20,23)(H,19,21,22). The van der Waals surface area contributed by atoms with Gasteiger partial charge in [0.1, 0.15) is 0 Å². The summed E-state index contributed by atoms with van der Waals surface area (Å²) >= 11 is 7.20. The maximum absolute atomic E-state index is 12.3. The van der Waals surface area contributed by atoms with Crippen molar-refractivity contribution in [3.05, 3.63) is 51.4 Å². The zero-order valence-electron chi connectivity index (χ0n) is 14.2. The summed E-state index contributed by atoms with van der Waals surface area (Å²) < 4.78 is 5.46. The van der Waals surface area contributed by atoms with Crippen LogP contribution in [0.2, 0.25) is 5.02 Å². The largest absolute Gasteiger partial charge is 0.373 e. The minimum absolute atomic E-state index is 0.0394. The molecule has 0 spiro atoms. The molecule has 25 heavy (non-hydrogen) atoms. The minimum atomic E-state index is -0.472. The van der Waals surface area contributed by atoms with Crippen molar-refractivity contribution in [1.29, 1.82) is 0 Å². The van der Waals surface area contributed by atoms with Crippen LogP contribution in [0.5, 0.6) is 0 Å². The van der Waals surface area contributed by atoms with Crippen LogP contribution < -0.4 is 10.9 Å². The Labute approximate surface area is 155 Å². The van der Waals surface area contributed by atoms with E-state index in [2.05, 4.69) is 15.3 Å². The number of ether oxygens (including phenoxy) is 1. The number of nitrogens with one attached hydrogen (secondary N) is 2. The molecule has 1 amide bonds. The molecule has 0 saturated heterocycles. The van der Waals surface area contributed by atoms with Gasteiger partial charge in [-0.1, -0.05) is 35.5 Å². The van der Waals surface area contributed by atoms with Gasteiger partial charge in [-0.3, -0.25) is 9.59 Å². The highest BCUT2D eigenvalue weighted by molar-refractivity contribution is 8.00. The van der Waals surface area contributed by atoms with Gasteiger partial charge in [0, 0.05) is 6.07 Å². The first kappa shape index (κ1) is 19.5. The average Bonchev–Trinajstić information content (AvgIpc) is 2.54. The summed E-state index contributed by atoms with van der Waals surface area (Å²) in [6.45, 7) is 5.79. The van der Waals surface area contributed by atoms with Crippen LogP contribution in [0.4, 0.5) is 5.69 Å². The van der Waals surface area contributed by atoms with Crippen LogP contribution in [0.25, 0.3) is 0 Å². The molecule has 1 unspecified atom stereocenters. The topological polar surface area (TPSA) is 84.1 Å². The van der Waals surface area contributed by atoms with Gasteiger partial charge in [-0.2, -0.15) is 0 Å². The van der Waals surface area contributed by atoms with Gasteiger partial charge in [-0.05, 0) is 32.9 Å². The minimum Gasteiger partial charge on any atom is -0.373 e. The van der Waals surface area contributed by atoms with Crippen LogP contribution in [-0.2, 0) is 16.1 Å². The van der Waals surface area contributed by atoms with E-state index in [0.29, 0.717) is 21.6 Å². The van der Waals surface area contributed by atoms with Crippen molar-refractivity contribution in [3.63, 3.8) is 0 Å². The van der Waals surface area contributed by atoms with E-state index in [4.69, 9.17) is 16.3 Å². The van der Waals surface area contributed by atoms with Crippen LogP contribution in [0.15, 0.2) is 40.3 Å². The Morgan fingerprint density at radius 2 is 2.08 bits per heavy atom. The number of hydrogen-bond donors (Lipinski definition) is 2. The van der Waals surface area contributed by atoms with E-state index in [1.54, 1.807) is 31.2 Å². The van der Waals surface area contributed by atoms with E-state index in [9.17, 15) is 9.59 Å². The second-order valence-electron chi connectivity index (χ2n) is 5.63. The van der Waals surface area contributed by atoms with Crippen molar-refractivity contribution in [2.24, 2.45) is 0 Å². The number of thioether (sulfide) groups is 1. The summed E-state index contributed by atoms with van der Waals surface area (Å²) in [4.78, 5) is 31.0. The summed E-state index contributed by atoms with van der Waals surface area (Å²) in [5.41, 5.74) is 0.791. The molecule has 2 rings (SSSR count). The second-order valence-corrected chi connectivity index (χ2v) is 7.37. The van der Waals surface area contributed by atoms with Gasteiger partial charge in [0.2, 0.25) is 5.91 Å². The lowest BCUT2D eigenvalue weighted by Gasteiger charge is -2.13. The number of benzene rings is 1. The first-order chi connectivity index (χ1) is 11.8. The van der Waals surface area contributed by atoms with Gasteiger partial charge >= 0.3 is 0 Å². The summed E-state index contributed by atoms with van der Waals surface area (Å²) in [5, 5.41) is 3.13. The fourth-order valence-electron chi connectivity index (χ4n) is 1.88. The van der Waals surface area contributed by atoms with Crippen LogP contribution >= 0.6 is 23.4 Å². The quantitative estimate of drug-likeness (QED) is 0.566. The number of aromatic nitrogens is 2. The molecule has 0 aliphatic carbocycles. The predicted octanol–water partition coefficient (Wildman–Crippen LogP) is 3.47. The lowest BCUT2D eigenvalue weighted by molar-refractivity contribution is -0.115. The predicted molar refractivity (Wildman–Crippen MR) is 100 cm³/mol. The average molecular weight is 382 g/mol. The van der Waals surface area contributed by atoms with Crippen LogP contribution in [-0.4, -0.2) is 27.2 Å². The van der Waals surface area contributed by atoms with Gasteiger partial charge in [0.15, 0.2) is 5.16 Å². The van der Waals surface area contributed by atoms with Crippen molar-refractivity contribution in [2.45, 2.75) is 43.9 Å². The highest BCUT2D eigenvalue weighted by Gasteiger charge is 2.17. The van der Waals surface area contributed by atoms with Crippen molar-refractivity contribution in [2.75, 3.05) is 5.32 Å². The first-order valence-corrected chi connectivity index (χ1v) is 9.05. The molecule has 0 aliphatic rings. The Morgan fingerprint density at radius 1 is 1.36 bits per heavy atom. The van der Waals surface area contributed by atoms with Crippen molar-refractivity contribution in [3.8, 4) is 0 Å². The molecule has 1 aromatic carbocycles. The zero-order valence-corrected chi connectivity index (χ0v) is 15.8. The SMILES string of the molecule is CC(C)OCc1cc(=O)[nH]c(SC(C)C(=O)Nc2ccccc2Cl)n1. The molecule has 2 aromatic rings. The number of aromatic amines is 1. The molecule has 0 saturated carbocycles. The molecule has 134 valence electrons. The normalized spacial score (nSPS) is 12.2. The summed E-state index contributed by atoms with van der Waals surface area (Å²) in [7, 11) is 0. The van der Waals surface area contributed by atoms with Gasteiger partial charge in [0.05, 0.1) is 34.4 Å². The molecule has 0 fully saturated rings. The highest BCUT2D eigenvalue weighted by atomic mass is 35.5. The fraction of sp³-hybridized carbons (Fsp3) is 0.353. The molecule has 1 atom stereocenters. The number of hydrogen-bond acceptors (Lipinski definition) is 5. The smallest absolute Gasteiger partial charge is 0.251 e. The van der Waals surface area contributed by atoms with Crippen molar-refractivity contribution < 1.29 is 9.53 Å². The lowest BCUT2D eigenvalue weighted by atomic mass is 10.3. The van der Waals surface area contributed by atoms with E-state index in [-0.39, 0.29) is 24.2 Å². The molecule has 0 radical (unpaired) electrons. The third kappa shape index (κ3) is 6.19. The number of carbonyl (C=O) groups is 1. The molecule has 2 N–H and O–H groups in total. The summed E-state index contributed by atoms with van der Waals surface area (Å²) in [5.74, 6) is -0.232. The summed E-state index contributed by atoms with van der Waals surface area (Å²) in [6, 6.07) is 8.39. The summed E-state index contributed by atoms with van der Waals surface area (Å²) in [6.07, 6.45) is 0.0394. The van der Waals surface area contributed by atoms with Crippen molar-refractivity contribution >= 4 is 35.0 Å². The van der Waals surface area contributed by atoms with E-state index in [1.165, 1.54) is 6.07 Å². The molecule has 6 nitrogen and oxygen atoms in total. The molecule has 0 bridgehead atoms. The second kappa shape index (κ2) is 9.03. The van der Waals surface area contributed by atoms with Crippen LogP contribution in [0.1, 0.15) is 26.5 Å². The fourth-order valence-corrected chi connectivity index (χ4v) is 2.90. The Kier molecular flexibility index (Phi) is 7.04. The number of carbonyl (C=O) groups excluding carboxylic acids is 1. The van der Waals surface area contributed by atoms with Gasteiger partial charge in [0.25, 0.3) is 5.56 Å². The van der Waals surface area contributed by atoms with E-state index >= 15 is 0 Å². The molecule has 0 aliphatic heterocycles. The molecular weight excluding hydrogens is 362 g/mol. The number of halogens is 1. The third-order valence-corrected chi connectivity index (χ3v) is 4.44. The Bertz CT molecular complexity index is 795. The van der Waals surface area contributed by atoms with E-state index in [1.807, 2.05) is 13.8 Å². The van der Waals surface area contributed by atoms with Crippen LogP contribution in [0, 0.1) is 0 Å². The van der Waals surface area contributed by atoms with Gasteiger partial charge < -0.3 is 15.0 Å². The zero-order chi connectivity index (χ0) is 18.4. The Morgan fingerprint density at radius 3 is 2.76 bits per heavy atom. The number of anilines is 1. The first-order valence-electron chi connectivity index (χ1n) is 7.79. The van der Waals surface area contributed by atoms with Crippen LogP contribution in [0.3, 0.4) is 0 Å². The number of rotatable bonds is 7. The Hall–Kier alpha value is -1.83. The third-order valence-electron chi connectivity index (χ3n) is 3.13. The van der Waals surface area contributed by atoms with E-state index < -0.39 is 5.25 Å². The van der Waals surface area contributed by atoms with Crippen molar-refractivity contribution in [1.82, 2.24) is 9.97 Å².